The Morgan fingerprint density at radius 1 is 1.07 bits per heavy atom. The smallest absolute Gasteiger partial charge is 0.276 e. The molecule has 0 aliphatic carbocycles. The van der Waals surface area contributed by atoms with Crippen LogP contribution in [0.1, 0.15) is 39.0 Å². The van der Waals surface area contributed by atoms with Crippen LogP contribution in [-0.4, -0.2) is 34.7 Å². The Morgan fingerprint density at radius 2 is 1.82 bits per heavy atom. The number of amides is 2. The monoisotopic (exact) mass is 395 g/mol. The minimum absolute atomic E-state index is 0.144. The molecule has 1 unspecified atom stereocenters. The standard InChI is InChI=1S/C20H21N5O2S/c26-19(17-9-11-25(24-17)16-3-1-10-21-13-16)22-14-5-7-15(8-6-14)23-20(27)18-4-2-12-28-18/h2,4-9,11-12,16,21H,1,3,10,13H2,(H,22,26)(H,23,27). The lowest BCUT2D eigenvalue weighted by Crippen LogP contribution is -2.32. The Balaban J connectivity index is 1.35. The lowest BCUT2D eigenvalue weighted by molar-refractivity contribution is 0.101. The average Bonchev–Trinajstić information content (AvgIpc) is 3.42. The van der Waals surface area contributed by atoms with E-state index in [1.54, 1.807) is 36.4 Å². The zero-order valence-electron chi connectivity index (χ0n) is 15.2. The van der Waals surface area contributed by atoms with Crippen LogP contribution in [-0.2, 0) is 0 Å². The van der Waals surface area contributed by atoms with Crippen molar-refractivity contribution in [1.29, 1.82) is 0 Å². The van der Waals surface area contributed by atoms with Crippen LogP contribution in [0.25, 0.3) is 0 Å². The van der Waals surface area contributed by atoms with E-state index in [1.165, 1.54) is 11.3 Å². The van der Waals surface area contributed by atoms with Gasteiger partial charge in [-0.2, -0.15) is 5.10 Å². The molecule has 1 atom stereocenters. The number of anilines is 2. The summed E-state index contributed by atoms with van der Waals surface area (Å²) in [4.78, 5) is 25.2. The molecule has 8 heteroatoms. The van der Waals surface area contributed by atoms with Crippen molar-refractivity contribution in [2.45, 2.75) is 18.9 Å². The van der Waals surface area contributed by atoms with Crippen LogP contribution in [0.15, 0.2) is 54.0 Å². The van der Waals surface area contributed by atoms with Gasteiger partial charge >= 0.3 is 0 Å². The van der Waals surface area contributed by atoms with Crippen LogP contribution in [0, 0.1) is 0 Å². The van der Waals surface area contributed by atoms with Crippen molar-refractivity contribution in [2.24, 2.45) is 0 Å². The molecule has 0 saturated carbocycles. The summed E-state index contributed by atoms with van der Waals surface area (Å²) < 4.78 is 1.87. The zero-order chi connectivity index (χ0) is 19.3. The molecule has 0 bridgehead atoms. The molecule has 3 heterocycles. The number of carbonyl (C=O) groups excluding carboxylic acids is 2. The average molecular weight is 395 g/mol. The molecule has 1 saturated heterocycles. The first kappa shape index (κ1) is 18.4. The van der Waals surface area contributed by atoms with Gasteiger partial charge in [0.25, 0.3) is 11.8 Å². The number of nitrogens with zero attached hydrogens (tertiary/aromatic N) is 2. The summed E-state index contributed by atoms with van der Waals surface area (Å²) in [5.74, 6) is -0.396. The Labute approximate surface area is 166 Å². The fourth-order valence-corrected chi connectivity index (χ4v) is 3.77. The van der Waals surface area contributed by atoms with E-state index in [1.807, 2.05) is 22.3 Å². The van der Waals surface area contributed by atoms with Crippen molar-refractivity contribution >= 4 is 34.5 Å². The predicted octanol–water partition coefficient (Wildman–Crippen LogP) is 3.37. The molecule has 1 aromatic carbocycles. The van der Waals surface area contributed by atoms with Gasteiger partial charge < -0.3 is 16.0 Å². The van der Waals surface area contributed by atoms with Crippen LogP contribution in [0.4, 0.5) is 11.4 Å². The summed E-state index contributed by atoms with van der Waals surface area (Å²) in [5, 5.41) is 15.3. The van der Waals surface area contributed by atoms with Crippen molar-refractivity contribution in [3.05, 3.63) is 64.6 Å². The van der Waals surface area contributed by atoms with Gasteiger partial charge in [0.05, 0.1) is 10.9 Å². The van der Waals surface area contributed by atoms with E-state index >= 15 is 0 Å². The van der Waals surface area contributed by atoms with E-state index in [2.05, 4.69) is 21.0 Å². The molecule has 1 aliphatic heterocycles. The quantitative estimate of drug-likeness (QED) is 0.618. The molecule has 28 heavy (non-hydrogen) atoms. The van der Waals surface area contributed by atoms with Crippen molar-refractivity contribution < 1.29 is 9.59 Å². The minimum Gasteiger partial charge on any atom is -0.321 e. The van der Waals surface area contributed by atoms with E-state index in [9.17, 15) is 9.59 Å². The van der Waals surface area contributed by atoms with Gasteiger partial charge in [-0.1, -0.05) is 6.07 Å². The number of nitrogens with one attached hydrogen (secondary N) is 3. The largest absolute Gasteiger partial charge is 0.321 e. The molecule has 1 fully saturated rings. The number of aromatic nitrogens is 2. The summed E-state index contributed by atoms with van der Waals surface area (Å²) in [6.07, 6.45) is 4.03. The van der Waals surface area contributed by atoms with Crippen LogP contribution in [0.3, 0.4) is 0 Å². The van der Waals surface area contributed by atoms with Crippen molar-refractivity contribution in [2.75, 3.05) is 23.7 Å². The summed E-state index contributed by atoms with van der Waals surface area (Å²) in [5.41, 5.74) is 1.71. The molecular formula is C20H21N5O2S. The number of piperidine rings is 1. The fraction of sp³-hybridized carbons (Fsp3) is 0.250. The van der Waals surface area contributed by atoms with Gasteiger partial charge in [0.1, 0.15) is 0 Å². The highest BCUT2D eigenvalue weighted by Gasteiger charge is 2.17. The zero-order valence-corrected chi connectivity index (χ0v) is 16.0. The Morgan fingerprint density at radius 3 is 2.46 bits per heavy atom. The Bertz CT molecular complexity index is 943. The van der Waals surface area contributed by atoms with E-state index in [0.717, 1.165) is 25.9 Å². The highest BCUT2D eigenvalue weighted by Crippen LogP contribution is 2.18. The third kappa shape index (κ3) is 4.29. The van der Waals surface area contributed by atoms with Gasteiger partial charge in [0.15, 0.2) is 5.69 Å². The number of benzene rings is 1. The van der Waals surface area contributed by atoms with Crippen LogP contribution >= 0.6 is 11.3 Å². The maximum Gasteiger partial charge on any atom is 0.276 e. The number of rotatable bonds is 5. The predicted molar refractivity (Wildman–Crippen MR) is 110 cm³/mol. The normalized spacial score (nSPS) is 16.5. The van der Waals surface area contributed by atoms with E-state index in [0.29, 0.717) is 28.0 Å². The first-order valence-electron chi connectivity index (χ1n) is 9.21. The third-order valence-electron chi connectivity index (χ3n) is 4.63. The number of hydrogen-bond donors (Lipinski definition) is 3. The van der Waals surface area contributed by atoms with Crippen molar-refractivity contribution in [3.8, 4) is 0 Å². The van der Waals surface area contributed by atoms with Gasteiger partial charge in [-0.05, 0) is 61.2 Å². The second kappa shape index (κ2) is 8.37. The molecule has 2 amide bonds. The topological polar surface area (TPSA) is 88.0 Å². The highest BCUT2D eigenvalue weighted by atomic mass is 32.1. The Hall–Kier alpha value is -2.97. The van der Waals surface area contributed by atoms with Gasteiger partial charge in [0, 0.05) is 24.1 Å². The summed E-state index contributed by atoms with van der Waals surface area (Å²) in [6, 6.07) is 12.7. The minimum atomic E-state index is -0.252. The maximum atomic E-state index is 12.5. The SMILES string of the molecule is O=C(Nc1ccc(NC(=O)c2cccs2)cc1)c1ccn(C2CCCNC2)n1. The summed E-state index contributed by atoms with van der Waals surface area (Å²) in [7, 11) is 0. The molecule has 0 spiro atoms. The molecule has 2 aromatic heterocycles. The summed E-state index contributed by atoms with van der Waals surface area (Å²) >= 11 is 1.39. The first-order valence-corrected chi connectivity index (χ1v) is 10.1. The van der Waals surface area contributed by atoms with E-state index in [-0.39, 0.29) is 11.8 Å². The van der Waals surface area contributed by atoms with Crippen LogP contribution in [0.5, 0.6) is 0 Å². The molecule has 0 radical (unpaired) electrons. The van der Waals surface area contributed by atoms with Crippen molar-refractivity contribution in [1.82, 2.24) is 15.1 Å². The third-order valence-corrected chi connectivity index (χ3v) is 5.50. The Kier molecular flexibility index (Phi) is 5.50. The highest BCUT2D eigenvalue weighted by molar-refractivity contribution is 7.12. The first-order chi connectivity index (χ1) is 13.7. The van der Waals surface area contributed by atoms with Crippen LogP contribution in [0.2, 0.25) is 0 Å². The van der Waals surface area contributed by atoms with Crippen LogP contribution < -0.4 is 16.0 Å². The van der Waals surface area contributed by atoms with Crippen molar-refractivity contribution in [3.63, 3.8) is 0 Å². The second-order valence-corrected chi connectivity index (χ2v) is 7.59. The molecule has 1 aliphatic rings. The van der Waals surface area contributed by atoms with E-state index < -0.39 is 0 Å². The number of hydrogen-bond acceptors (Lipinski definition) is 5. The molecule has 144 valence electrons. The van der Waals surface area contributed by atoms with Gasteiger partial charge in [-0.3, -0.25) is 14.3 Å². The summed E-state index contributed by atoms with van der Waals surface area (Å²) in [6.45, 7) is 1.91. The molecule has 3 N–H and O–H groups in total. The lowest BCUT2D eigenvalue weighted by Gasteiger charge is -2.22. The molecular weight excluding hydrogens is 374 g/mol. The van der Waals surface area contributed by atoms with E-state index in [4.69, 9.17) is 0 Å². The lowest BCUT2D eigenvalue weighted by atomic mass is 10.1. The number of carbonyl (C=O) groups is 2. The molecule has 3 aromatic rings. The van der Waals surface area contributed by atoms with Gasteiger partial charge in [-0.25, -0.2) is 0 Å². The maximum absolute atomic E-state index is 12.5. The number of thiophene rings is 1. The molecule has 4 rings (SSSR count). The molecule has 7 nitrogen and oxygen atoms in total. The second-order valence-electron chi connectivity index (χ2n) is 6.64. The van der Waals surface area contributed by atoms with Gasteiger partial charge in [0.2, 0.25) is 0 Å². The van der Waals surface area contributed by atoms with Gasteiger partial charge in [-0.15, -0.1) is 11.3 Å². The fourth-order valence-electron chi connectivity index (χ4n) is 3.15.